The number of likely N-dealkylation sites (N-methyl/N-ethyl adjacent to an activating group) is 1. The molecule has 2 amide bonds. The lowest BCUT2D eigenvalue weighted by Crippen LogP contribution is -2.37. The van der Waals surface area contributed by atoms with Gasteiger partial charge in [0.25, 0.3) is 5.91 Å². The van der Waals surface area contributed by atoms with Crippen molar-refractivity contribution in [3.05, 3.63) is 21.8 Å². The van der Waals surface area contributed by atoms with E-state index in [1.807, 2.05) is 67.8 Å². The smallest absolute Gasteiger partial charge is 0.255 e. The summed E-state index contributed by atoms with van der Waals surface area (Å²) < 4.78 is 1.56. The average Bonchev–Trinajstić information content (AvgIpc) is 2.57. The Morgan fingerprint density at radius 2 is 1.69 bits per heavy atom. The normalized spacial score (nSPS) is 13.3. The summed E-state index contributed by atoms with van der Waals surface area (Å²) in [5.74, 6) is -1.06. The molecule has 146 valence electrons. The van der Waals surface area contributed by atoms with Gasteiger partial charge < -0.3 is 30.6 Å². The van der Waals surface area contributed by atoms with Crippen molar-refractivity contribution in [1.82, 2.24) is 4.90 Å². The number of aliphatic hydroxyl groups excluding tert-OH is 4. The van der Waals surface area contributed by atoms with Crippen LogP contribution < -0.4 is 5.32 Å². The van der Waals surface area contributed by atoms with Gasteiger partial charge in [0.1, 0.15) is 6.61 Å². The molecule has 2 unspecified atom stereocenters. The molecular formula is C15H19I3N2O6. The van der Waals surface area contributed by atoms with Gasteiger partial charge in [0, 0.05) is 26.3 Å². The monoisotopic (exact) mass is 704 g/mol. The van der Waals surface area contributed by atoms with Crippen molar-refractivity contribution in [1.29, 1.82) is 0 Å². The van der Waals surface area contributed by atoms with Gasteiger partial charge >= 0.3 is 0 Å². The van der Waals surface area contributed by atoms with Crippen LogP contribution >= 0.6 is 67.8 Å². The Labute approximate surface area is 191 Å². The highest BCUT2D eigenvalue weighted by Crippen LogP contribution is 2.38. The van der Waals surface area contributed by atoms with Crippen molar-refractivity contribution in [3.63, 3.8) is 0 Å². The van der Waals surface area contributed by atoms with Crippen LogP contribution in [-0.2, 0) is 4.79 Å². The fourth-order valence-electron chi connectivity index (χ4n) is 2.17. The van der Waals surface area contributed by atoms with E-state index in [2.05, 4.69) is 5.32 Å². The molecule has 0 saturated heterocycles. The van der Waals surface area contributed by atoms with Crippen molar-refractivity contribution < 1.29 is 30.0 Å². The summed E-state index contributed by atoms with van der Waals surface area (Å²) in [6, 6.07) is 0. The van der Waals surface area contributed by atoms with E-state index in [1.165, 1.54) is 11.9 Å². The molecule has 2 atom stereocenters. The maximum atomic E-state index is 12.9. The first kappa shape index (κ1) is 24.2. The summed E-state index contributed by atoms with van der Waals surface area (Å²) in [6.45, 7) is 0.288. The van der Waals surface area contributed by atoms with Crippen LogP contribution in [0, 0.1) is 10.7 Å². The Kier molecular flexibility index (Phi) is 9.93. The second kappa shape index (κ2) is 10.7. The number of anilines is 1. The predicted octanol–water partition coefficient (Wildman–Crippen LogP) is 0.910. The van der Waals surface area contributed by atoms with Gasteiger partial charge in [-0.15, -0.1) is 0 Å². The minimum absolute atomic E-state index is 0.0736. The molecule has 5 N–H and O–H groups in total. The summed E-state index contributed by atoms with van der Waals surface area (Å²) in [4.78, 5) is 25.8. The van der Waals surface area contributed by atoms with Crippen molar-refractivity contribution in [2.75, 3.05) is 32.1 Å². The number of nitrogens with one attached hydrogen (secondary N) is 1. The van der Waals surface area contributed by atoms with Gasteiger partial charge in [0.15, 0.2) is 0 Å². The number of hydrogen-bond acceptors (Lipinski definition) is 6. The largest absolute Gasteiger partial charge is 0.394 e. The third kappa shape index (κ3) is 5.60. The SMILES string of the molecule is CC(O)c1c(I)c(NC(=O)CO)c(I)c(C(=O)N(C)CC(O)CO)c1I. The first-order valence-corrected chi connectivity index (χ1v) is 10.6. The van der Waals surface area contributed by atoms with Crippen molar-refractivity contribution in [2.24, 2.45) is 0 Å². The number of hydrogen-bond donors (Lipinski definition) is 5. The lowest BCUT2D eigenvalue weighted by molar-refractivity contribution is -0.118. The summed E-state index contributed by atoms with van der Waals surface area (Å²) in [5.41, 5.74) is 1.09. The van der Waals surface area contributed by atoms with Crippen LogP contribution in [0.15, 0.2) is 0 Å². The van der Waals surface area contributed by atoms with E-state index in [1.54, 1.807) is 6.92 Å². The van der Waals surface area contributed by atoms with Gasteiger partial charge in [-0.3, -0.25) is 9.59 Å². The van der Waals surface area contributed by atoms with E-state index in [-0.39, 0.29) is 12.1 Å². The Morgan fingerprint density at radius 3 is 2.15 bits per heavy atom. The van der Waals surface area contributed by atoms with Crippen LogP contribution in [-0.4, -0.2) is 70.1 Å². The highest BCUT2D eigenvalue weighted by Gasteiger charge is 2.29. The Morgan fingerprint density at radius 1 is 1.12 bits per heavy atom. The fraction of sp³-hybridized carbons (Fsp3) is 0.467. The topological polar surface area (TPSA) is 130 Å². The molecule has 0 radical (unpaired) electrons. The first-order chi connectivity index (χ1) is 12.1. The number of halogens is 3. The second-order valence-corrected chi connectivity index (χ2v) is 8.75. The summed E-state index contributed by atoms with van der Waals surface area (Å²) in [6.07, 6.45) is -1.97. The van der Waals surface area contributed by atoms with E-state index >= 15 is 0 Å². The lowest BCUT2D eigenvalue weighted by atomic mass is 10.0. The van der Waals surface area contributed by atoms with E-state index in [4.69, 9.17) is 10.2 Å². The number of carbonyl (C=O) groups is 2. The molecule has 0 aromatic heterocycles. The Bertz CT molecular complexity index is 699. The van der Waals surface area contributed by atoms with Gasteiger partial charge in [0.05, 0.1) is 33.6 Å². The van der Waals surface area contributed by atoms with Gasteiger partial charge in [-0.1, -0.05) is 0 Å². The zero-order valence-corrected chi connectivity index (χ0v) is 20.4. The molecule has 0 saturated carbocycles. The Hall–Kier alpha value is 0.190. The van der Waals surface area contributed by atoms with Crippen LogP contribution in [0.25, 0.3) is 0 Å². The van der Waals surface area contributed by atoms with Crippen LogP contribution in [0.3, 0.4) is 0 Å². The predicted molar refractivity (Wildman–Crippen MR) is 121 cm³/mol. The van der Waals surface area contributed by atoms with E-state index in [9.17, 15) is 19.8 Å². The van der Waals surface area contributed by atoms with Crippen LogP contribution in [0.4, 0.5) is 5.69 Å². The third-order valence-electron chi connectivity index (χ3n) is 3.43. The third-order valence-corrected chi connectivity index (χ3v) is 6.75. The molecular weight excluding hydrogens is 685 g/mol. The molecule has 26 heavy (non-hydrogen) atoms. The zero-order chi connectivity index (χ0) is 20.2. The molecule has 0 aliphatic carbocycles. The van der Waals surface area contributed by atoms with E-state index < -0.39 is 37.2 Å². The highest BCUT2D eigenvalue weighted by atomic mass is 127. The molecule has 0 bridgehead atoms. The van der Waals surface area contributed by atoms with Crippen LogP contribution in [0.2, 0.25) is 0 Å². The molecule has 1 rings (SSSR count). The minimum atomic E-state index is -1.08. The molecule has 0 aliphatic heterocycles. The average molecular weight is 704 g/mol. The summed E-state index contributed by atoms with van der Waals surface area (Å²) in [5, 5.41) is 40.3. The van der Waals surface area contributed by atoms with E-state index in [0.29, 0.717) is 22.0 Å². The maximum absolute atomic E-state index is 12.9. The summed E-state index contributed by atoms with van der Waals surface area (Å²) >= 11 is 5.87. The first-order valence-electron chi connectivity index (χ1n) is 7.40. The number of nitrogens with zero attached hydrogens (tertiary/aromatic N) is 1. The lowest BCUT2D eigenvalue weighted by Gasteiger charge is -2.25. The van der Waals surface area contributed by atoms with Crippen molar-refractivity contribution in [3.8, 4) is 0 Å². The quantitative estimate of drug-likeness (QED) is 0.269. The zero-order valence-electron chi connectivity index (χ0n) is 14.0. The van der Waals surface area contributed by atoms with Crippen LogP contribution in [0.5, 0.6) is 0 Å². The number of carbonyl (C=O) groups excluding carboxylic acids is 2. The van der Waals surface area contributed by atoms with Crippen LogP contribution in [0.1, 0.15) is 28.9 Å². The molecule has 0 aliphatic rings. The summed E-state index contributed by atoms with van der Waals surface area (Å²) in [7, 11) is 1.49. The van der Waals surface area contributed by atoms with Gasteiger partial charge in [0.2, 0.25) is 5.91 Å². The van der Waals surface area contributed by atoms with Gasteiger partial charge in [-0.25, -0.2) is 0 Å². The number of amides is 2. The maximum Gasteiger partial charge on any atom is 0.255 e. The van der Waals surface area contributed by atoms with Crippen molar-refractivity contribution >= 4 is 85.3 Å². The number of aliphatic hydroxyl groups is 4. The molecule has 0 fully saturated rings. The standard InChI is InChI=1S/C15H19I3N2O6/c1-6(23)9-11(16)10(15(26)20(2)3-7(24)4-21)13(18)14(12(9)17)19-8(25)5-22/h6-7,21-24H,3-5H2,1-2H3,(H,19,25). The van der Waals surface area contributed by atoms with Gasteiger partial charge in [-0.05, 0) is 74.7 Å². The van der Waals surface area contributed by atoms with Gasteiger partial charge in [-0.2, -0.15) is 0 Å². The molecule has 0 spiro atoms. The fourth-order valence-corrected chi connectivity index (χ4v) is 6.97. The highest BCUT2D eigenvalue weighted by molar-refractivity contribution is 14.1. The molecule has 1 aromatic carbocycles. The Balaban J connectivity index is 3.55. The molecule has 0 heterocycles. The number of rotatable bonds is 7. The number of benzene rings is 1. The van der Waals surface area contributed by atoms with E-state index in [0.717, 1.165) is 0 Å². The minimum Gasteiger partial charge on any atom is -0.394 e. The second-order valence-electron chi connectivity index (χ2n) is 5.51. The molecule has 1 aromatic rings. The molecule has 11 heteroatoms. The van der Waals surface area contributed by atoms with Crippen molar-refractivity contribution in [2.45, 2.75) is 19.1 Å². The molecule has 8 nitrogen and oxygen atoms in total.